The number of hydrogen-bond donors (Lipinski definition) is 2. The summed E-state index contributed by atoms with van der Waals surface area (Å²) < 4.78 is 0. The maximum absolute atomic E-state index is 12.1. The second-order valence-corrected chi connectivity index (χ2v) is 7.68. The van der Waals surface area contributed by atoms with Crippen molar-refractivity contribution in [2.75, 3.05) is 36.4 Å². The highest BCUT2D eigenvalue weighted by molar-refractivity contribution is 7.12. The van der Waals surface area contributed by atoms with E-state index in [0.717, 1.165) is 44.1 Å². The van der Waals surface area contributed by atoms with E-state index in [-0.39, 0.29) is 5.91 Å². The van der Waals surface area contributed by atoms with E-state index in [1.165, 1.54) is 11.3 Å². The van der Waals surface area contributed by atoms with Gasteiger partial charge in [0, 0.05) is 38.3 Å². The summed E-state index contributed by atoms with van der Waals surface area (Å²) in [5.41, 5.74) is 1.65. The number of thiophene rings is 1. The van der Waals surface area contributed by atoms with Gasteiger partial charge < -0.3 is 15.3 Å². The molecule has 28 heavy (non-hydrogen) atoms. The molecular weight excluding hydrogens is 372 g/mol. The number of carbonyl (C=O) groups excluding carboxylic acids is 1. The number of amides is 1. The van der Waals surface area contributed by atoms with Crippen LogP contribution in [0.1, 0.15) is 15.2 Å². The number of carbonyl (C=O) groups is 1. The van der Waals surface area contributed by atoms with Crippen LogP contribution < -0.4 is 10.2 Å². The number of nitrogens with zero attached hydrogens (tertiary/aromatic N) is 3. The highest BCUT2D eigenvalue weighted by atomic mass is 32.1. The van der Waals surface area contributed by atoms with E-state index < -0.39 is 0 Å². The van der Waals surface area contributed by atoms with Crippen LogP contribution in [0.3, 0.4) is 0 Å². The summed E-state index contributed by atoms with van der Waals surface area (Å²) in [4.78, 5) is 21.9. The highest BCUT2D eigenvalue weighted by Gasteiger charge is 2.19. The Balaban J connectivity index is 1.31. The van der Waals surface area contributed by atoms with Crippen LogP contribution in [0.4, 0.5) is 11.5 Å². The summed E-state index contributed by atoms with van der Waals surface area (Å²) in [6, 6.07) is 15.0. The van der Waals surface area contributed by atoms with Crippen LogP contribution in [0.5, 0.6) is 5.75 Å². The molecule has 4 rings (SSSR count). The minimum Gasteiger partial charge on any atom is -0.508 e. The third-order valence-corrected chi connectivity index (χ3v) is 5.70. The third-order valence-electron chi connectivity index (χ3n) is 4.83. The van der Waals surface area contributed by atoms with E-state index in [0.29, 0.717) is 16.3 Å². The normalized spacial score (nSPS) is 14.8. The molecule has 0 bridgehead atoms. The quantitative estimate of drug-likeness (QED) is 0.694. The molecule has 1 aliphatic heterocycles. The number of para-hydroxylation sites is 1. The van der Waals surface area contributed by atoms with Gasteiger partial charge in [0.1, 0.15) is 11.6 Å². The van der Waals surface area contributed by atoms with Crippen LogP contribution in [0, 0.1) is 0 Å². The summed E-state index contributed by atoms with van der Waals surface area (Å²) in [5, 5.41) is 14.7. The molecule has 0 aliphatic carbocycles. The van der Waals surface area contributed by atoms with E-state index in [1.54, 1.807) is 18.3 Å². The molecule has 0 unspecified atom stereocenters. The minimum absolute atomic E-state index is 0.109. The average molecular weight is 395 g/mol. The first-order valence-electron chi connectivity index (χ1n) is 9.24. The van der Waals surface area contributed by atoms with Crippen molar-refractivity contribution in [3.63, 3.8) is 0 Å². The first-order valence-corrected chi connectivity index (χ1v) is 10.1. The fourth-order valence-corrected chi connectivity index (χ4v) is 3.89. The van der Waals surface area contributed by atoms with Gasteiger partial charge in [-0.1, -0.05) is 24.3 Å². The summed E-state index contributed by atoms with van der Waals surface area (Å²) in [6.07, 6.45) is 1.70. The summed E-state index contributed by atoms with van der Waals surface area (Å²) in [6.45, 7) is 4.32. The number of anilines is 2. The van der Waals surface area contributed by atoms with Crippen molar-refractivity contribution in [3.05, 3.63) is 70.5 Å². The number of piperazine rings is 1. The zero-order valence-electron chi connectivity index (χ0n) is 15.4. The van der Waals surface area contributed by atoms with Gasteiger partial charge in [0.2, 0.25) is 0 Å². The molecule has 1 aliphatic rings. The Bertz CT molecular complexity index is 920. The number of aromatic hydroxyl groups is 1. The van der Waals surface area contributed by atoms with Crippen molar-refractivity contribution in [1.82, 2.24) is 9.88 Å². The van der Waals surface area contributed by atoms with Crippen LogP contribution in [0.2, 0.25) is 0 Å². The molecule has 2 N–H and O–H groups in total. The molecule has 1 aromatic carbocycles. The maximum Gasteiger partial charge on any atom is 0.265 e. The Labute approximate surface area is 168 Å². The first-order chi connectivity index (χ1) is 13.7. The zero-order chi connectivity index (χ0) is 19.3. The smallest absolute Gasteiger partial charge is 0.265 e. The van der Waals surface area contributed by atoms with Crippen LogP contribution >= 0.6 is 11.3 Å². The number of rotatable bonds is 5. The molecule has 0 atom stereocenters. The van der Waals surface area contributed by atoms with Crippen molar-refractivity contribution < 1.29 is 9.90 Å². The molecule has 6 nitrogen and oxygen atoms in total. The predicted molar refractivity (Wildman–Crippen MR) is 112 cm³/mol. The topological polar surface area (TPSA) is 68.7 Å². The number of pyridine rings is 1. The Kier molecular flexibility index (Phi) is 5.55. The zero-order valence-corrected chi connectivity index (χ0v) is 16.2. The fraction of sp³-hybridized carbons (Fsp3) is 0.238. The highest BCUT2D eigenvalue weighted by Crippen LogP contribution is 2.21. The van der Waals surface area contributed by atoms with E-state index in [9.17, 15) is 9.90 Å². The Morgan fingerprint density at radius 1 is 1.07 bits per heavy atom. The number of benzene rings is 1. The van der Waals surface area contributed by atoms with Gasteiger partial charge in [-0.3, -0.25) is 9.69 Å². The number of aromatic nitrogens is 1. The Hall–Kier alpha value is -2.90. The maximum atomic E-state index is 12.1. The number of phenolic OH excluding ortho intramolecular Hbond substituents is 1. The van der Waals surface area contributed by atoms with E-state index in [2.05, 4.69) is 20.1 Å². The molecule has 7 heteroatoms. The molecule has 1 amide bonds. The van der Waals surface area contributed by atoms with Crippen molar-refractivity contribution >= 4 is 28.7 Å². The SMILES string of the molecule is O=C(Nc1ccc(N2CCN(Cc3ccccc3O)CC2)nc1)c1cccs1. The lowest BCUT2D eigenvalue weighted by Gasteiger charge is -2.35. The van der Waals surface area contributed by atoms with Crippen molar-refractivity contribution in [1.29, 1.82) is 0 Å². The predicted octanol–water partition coefficient (Wildman–Crippen LogP) is 3.42. The monoisotopic (exact) mass is 394 g/mol. The lowest BCUT2D eigenvalue weighted by Crippen LogP contribution is -2.46. The van der Waals surface area contributed by atoms with Gasteiger partial charge in [-0.2, -0.15) is 0 Å². The molecule has 0 spiro atoms. The van der Waals surface area contributed by atoms with Crippen molar-refractivity contribution in [2.45, 2.75) is 6.54 Å². The lowest BCUT2D eigenvalue weighted by molar-refractivity contribution is 0.103. The van der Waals surface area contributed by atoms with E-state index in [4.69, 9.17) is 0 Å². The molecule has 3 heterocycles. The minimum atomic E-state index is -0.109. The molecular formula is C21H22N4O2S. The molecule has 0 saturated carbocycles. The van der Waals surface area contributed by atoms with Gasteiger partial charge in [0.15, 0.2) is 0 Å². The largest absolute Gasteiger partial charge is 0.508 e. The van der Waals surface area contributed by atoms with Gasteiger partial charge in [-0.15, -0.1) is 11.3 Å². The van der Waals surface area contributed by atoms with E-state index >= 15 is 0 Å². The Morgan fingerprint density at radius 3 is 2.57 bits per heavy atom. The summed E-state index contributed by atoms with van der Waals surface area (Å²) >= 11 is 1.42. The lowest BCUT2D eigenvalue weighted by atomic mass is 10.1. The van der Waals surface area contributed by atoms with Crippen molar-refractivity contribution in [2.24, 2.45) is 0 Å². The van der Waals surface area contributed by atoms with Gasteiger partial charge in [-0.25, -0.2) is 4.98 Å². The molecule has 144 valence electrons. The van der Waals surface area contributed by atoms with Gasteiger partial charge in [0.25, 0.3) is 5.91 Å². The number of phenols is 1. The Morgan fingerprint density at radius 2 is 1.89 bits per heavy atom. The molecule has 2 aromatic heterocycles. The van der Waals surface area contributed by atoms with E-state index in [1.807, 2.05) is 41.8 Å². The van der Waals surface area contributed by atoms with Crippen LogP contribution in [0.25, 0.3) is 0 Å². The number of nitrogens with one attached hydrogen (secondary N) is 1. The summed E-state index contributed by atoms with van der Waals surface area (Å²) in [5.74, 6) is 1.16. The van der Waals surface area contributed by atoms with Gasteiger partial charge in [0.05, 0.1) is 16.8 Å². The second kappa shape index (κ2) is 8.41. The van der Waals surface area contributed by atoms with Crippen LogP contribution in [-0.4, -0.2) is 47.1 Å². The molecule has 3 aromatic rings. The van der Waals surface area contributed by atoms with Crippen molar-refractivity contribution in [3.8, 4) is 5.75 Å². The average Bonchev–Trinajstić information content (AvgIpc) is 3.26. The molecule has 1 fully saturated rings. The van der Waals surface area contributed by atoms with Crippen LogP contribution in [-0.2, 0) is 6.54 Å². The molecule has 0 radical (unpaired) electrons. The molecule has 1 saturated heterocycles. The second-order valence-electron chi connectivity index (χ2n) is 6.73. The number of hydrogen-bond acceptors (Lipinski definition) is 6. The van der Waals surface area contributed by atoms with Gasteiger partial charge in [-0.05, 0) is 29.6 Å². The van der Waals surface area contributed by atoms with Gasteiger partial charge >= 0.3 is 0 Å². The summed E-state index contributed by atoms with van der Waals surface area (Å²) in [7, 11) is 0. The third kappa shape index (κ3) is 4.32. The van der Waals surface area contributed by atoms with Crippen LogP contribution in [0.15, 0.2) is 60.1 Å². The fourth-order valence-electron chi connectivity index (χ4n) is 3.27. The first kappa shape index (κ1) is 18.5. The standard InChI is InChI=1S/C21H22N4O2S/c26-18-5-2-1-4-16(18)15-24-9-11-25(12-10-24)20-8-7-17(14-22-20)23-21(27)19-6-3-13-28-19/h1-8,13-14,26H,9-12,15H2,(H,23,27).